The maximum Gasteiger partial charge on any atom is 0.319 e. The van der Waals surface area contributed by atoms with E-state index in [1.165, 1.54) is 23.1 Å². The summed E-state index contributed by atoms with van der Waals surface area (Å²) < 4.78 is 4.36. The molecule has 0 spiro atoms. The highest BCUT2D eigenvalue weighted by molar-refractivity contribution is 8.00. The molecule has 2 amide bonds. The lowest BCUT2D eigenvalue weighted by Gasteiger charge is -2.08. The van der Waals surface area contributed by atoms with Gasteiger partial charge in [0.25, 0.3) is 0 Å². The number of aryl methyl sites for hydroxylation is 2. The van der Waals surface area contributed by atoms with Gasteiger partial charge in [-0.1, -0.05) is 58.9 Å². The number of thiazole rings is 1. The summed E-state index contributed by atoms with van der Waals surface area (Å²) >= 11 is 3.12. The van der Waals surface area contributed by atoms with Gasteiger partial charge in [0.1, 0.15) is 0 Å². The Kier molecular flexibility index (Phi) is 6.21. The molecule has 0 aliphatic carbocycles. The Labute approximate surface area is 184 Å². The Morgan fingerprint density at radius 1 is 0.967 bits per heavy atom. The van der Waals surface area contributed by atoms with Crippen molar-refractivity contribution in [2.75, 3.05) is 10.0 Å². The van der Waals surface area contributed by atoms with Gasteiger partial charge in [0.05, 0.1) is 10.2 Å². The van der Waals surface area contributed by atoms with E-state index in [0.717, 1.165) is 25.8 Å². The number of benzene rings is 3. The smallest absolute Gasteiger partial charge is 0.319 e. The van der Waals surface area contributed by atoms with Crippen molar-refractivity contribution in [3.05, 3.63) is 83.4 Å². The Bertz CT molecular complexity index is 1150. The number of nitrogens with zero attached hydrogens (tertiary/aromatic N) is 1. The normalized spacial score (nSPS) is 10.7. The number of hydrogen-bond donors (Lipinski definition) is 3. The molecule has 0 saturated heterocycles. The van der Waals surface area contributed by atoms with Crippen LogP contribution in [-0.2, 0) is 6.54 Å². The van der Waals surface area contributed by atoms with Crippen molar-refractivity contribution >= 4 is 50.4 Å². The van der Waals surface area contributed by atoms with E-state index in [-0.39, 0.29) is 6.03 Å². The van der Waals surface area contributed by atoms with Crippen molar-refractivity contribution in [3.63, 3.8) is 0 Å². The SMILES string of the molecule is Cc1ccc(CNC(=O)Nc2ccc3sc(NSc4ccc(C)cc4)nc3c2)cc1. The summed E-state index contributed by atoms with van der Waals surface area (Å²) in [5.41, 5.74) is 5.07. The lowest BCUT2D eigenvalue weighted by Crippen LogP contribution is -2.28. The van der Waals surface area contributed by atoms with E-state index in [1.54, 1.807) is 11.3 Å². The second kappa shape index (κ2) is 9.19. The lowest BCUT2D eigenvalue weighted by molar-refractivity contribution is 0.251. The van der Waals surface area contributed by atoms with Gasteiger partial charge in [0.15, 0.2) is 5.13 Å². The van der Waals surface area contributed by atoms with Crippen molar-refractivity contribution < 1.29 is 4.79 Å². The van der Waals surface area contributed by atoms with Gasteiger partial charge in [-0.05, 0) is 61.7 Å². The second-order valence-electron chi connectivity index (χ2n) is 7.01. The van der Waals surface area contributed by atoms with Crippen molar-refractivity contribution in [2.24, 2.45) is 0 Å². The number of aromatic nitrogens is 1. The summed E-state index contributed by atoms with van der Waals surface area (Å²) in [5, 5.41) is 6.59. The maximum absolute atomic E-state index is 12.2. The average molecular weight is 435 g/mol. The monoisotopic (exact) mass is 434 g/mol. The molecule has 3 N–H and O–H groups in total. The van der Waals surface area contributed by atoms with Gasteiger partial charge >= 0.3 is 6.03 Å². The van der Waals surface area contributed by atoms with E-state index in [0.29, 0.717) is 12.2 Å². The predicted octanol–water partition coefficient (Wildman–Crippen LogP) is 6.35. The molecular weight excluding hydrogens is 412 g/mol. The van der Waals surface area contributed by atoms with Crippen LogP contribution in [0.2, 0.25) is 0 Å². The van der Waals surface area contributed by atoms with Crippen LogP contribution in [0.4, 0.5) is 15.6 Å². The first kappa shape index (κ1) is 20.3. The largest absolute Gasteiger partial charge is 0.334 e. The molecule has 0 atom stereocenters. The number of nitrogens with one attached hydrogen (secondary N) is 3. The molecule has 0 radical (unpaired) electrons. The van der Waals surface area contributed by atoms with E-state index in [2.05, 4.69) is 51.5 Å². The molecule has 1 heterocycles. The fourth-order valence-corrected chi connectivity index (χ4v) is 4.33. The number of carbonyl (C=O) groups is 1. The molecule has 0 aliphatic rings. The summed E-state index contributed by atoms with van der Waals surface area (Å²) in [6, 6.07) is 22.0. The molecule has 0 aliphatic heterocycles. The van der Waals surface area contributed by atoms with Crippen LogP contribution in [0.15, 0.2) is 71.6 Å². The van der Waals surface area contributed by atoms with Gasteiger partial charge in [-0.3, -0.25) is 0 Å². The molecule has 0 fully saturated rings. The number of anilines is 2. The summed E-state index contributed by atoms with van der Waals surface area (Å²) in [4.78, 5) is 18.0. The molecule has 0 bridgehead atoms. The first-order valence-electron chi connectivity index (χ1n) is 9.56. The van der Waals surface area contributed by atoms with E-state index >= 15 is 0 Å². The van der Waals surface area contributed by atoms with Gasteiger partial charge in [0.2, 0.25) is 0 Å². The minimum absolute atomic E-state index is 0.238. The fourth-order valence-electron chi connectivity index (χ4n) is 2.82. The number of rotatable bonds is 6. The Balaban J connectivity index is 1.35. The topological polar surface area (TPSA) is 66.1 Å². The Morgan fingerprint density at radius 3 is 2.40 bits per heavy atom. The zero-order chi connectivity index (χ0) is 20.9. The van der Waals surface area contributed by atoms with Crippen molar-refractivity contribution in [2.45, 2.75) is 25.3 Å². The minimum Gasteiger partial charge on any atom is -0.334 e. The Morgan fingerprint density at radius 2 is 1.67 bits per heavy atom. The zero-order valence-corrected chi connectivity index (χ0v) is 18.4. The van der Waals surface area contributed by atoms with Crippen molar-refractivity contribution in [1.29, 1.82) is 0 Å². The number of amides is 2. The first-order valence-corrected chi connectivity index (χ1v) is 11.2. The van der Waals surface area contributed by atoms with Crippen LogP contribution < -0.4 is 15.4 Å². The number of fused-ring (bicyclic) bond motifs is 1. The number of carbonyl (C=O) groups excluding carboxylic acids is 1. The lowest BCUT2D eigenvalue weighted by atomic mass is 10.1. The third-order valence-corrected chi connectivity index (χ3v) is 6.38. The van der Waals surface area contributed by atoms with Crippen LogP contribution in [0, 0.1) is 13.8 Å². The van der Waals surface area contributed by atoms with Gasteiger partial charge in [-0.15, -0.1) is 0 Å². The molecule has 0 saturated carbocycles. The molecule has 4 aromatic rings. The van der Waals surface area contributed by atoms with Crippen molar-refractivity contribution in [1.82, 2.24) is 10.3 Å². The van der Waals surface area contributed by atoms with Crippen LogP contribution in [0.25, 0.3) is 10.2 Å². The van der Waals surface area contributed by atoms with Gasteiger partial charge in [0, 0.05) is 17.1 Å². The quantitative estimate of drug-likeness (QED) is 0.309. The van der Waals surface area contributed by atoms with Crippen LogP contribution >= 0.6 is 23.3 Å². The molecular formula is C23H22N4OS2. The minimum atomic E-state index is -0.238. The first-order chi connectivity index (χ1) is 14.5. The van der Waals surface area contributed by atoms with Crippen LogP contribution in [0.5, 0.6) is 0 Å². The van der Waals surface area contributed by atoms with Crippen LogP contribution in [0.3, 0.4) is 0 Å². The van der Waals surface area contributed by atoms with E-state index in [4.69, 9.17) is 0 Å². The van der Waals surface area contributed by atoms with Gasteiger partial charge in [-0.25, -0.2) is 9.78 Å². The molecule has 1 aromatic heterocycles. The van der Waals surface area contributed by atoms with E-state index in [9.17, 15) is 4.79 Å². The number of urea groups is 1. The highest BCUT2D eigenvalue weighted by atomic mass is 32.2. The van der Waals surface area contributed by atoms with Crippen LogP contribution in [-0.4, -0.2) is 11.0 Å². The molecule has 152 valence electrons. The summed E-state index contributed by atoms with van der Waals surface area (Å²) in [7, 11) is 0. The second-order valence-corrected chi connectivity index (χ2v) is 8.92. The summed E-state index contributed by atoms with van der Waals surface area (Å²) in [6.45, 7) is 4.60. The third kappa shape index (κ3) is 5.31. The maximum atomic E-state index is 12.2. The highest BCUT2D eigenvalue weighted by Gasteiger charge is 2.07. The van der Waals surface area contributed by atoms with Gasteiger partial charge < -0.3 is 15.4 Å². The number of hydrogen-bond acceptors (Lipinski definition) is 5. The third-order valence-electron chi connectivity index (χ3n) is 4.50. The predicted molar refractivity (Wildman–Crippen MR) is 127 cm³/mol. The Hall–Kier alpha value is -3.03. The fraction of sp³-hybridized carbons (Fsp3) is 0.130. The molecule has 30 heavy (non-hydrogen) atoms. The molecule has 7 heteroatoms. The highest BCUT2D eigenvalue weighted by Crippen LogP contribution is 2.31. The molecule has 4 rings (SSSR count). The van der Waals surface area contributed by atoms with E-state index in [1.807, 2.05) is 49.4 Å². The zero-order valence-electron chi connectivity index (χ0n) is 16.7. The van der Waals surface area contributed by atoms with Gasteiger partial charge in [-0.2, -0.15) is 0 Å². The summed E-state index contributed by atoms with van der Waals surface area (Å²) in [6.07, 6.45) is 0. The molecule has 3 aromatic carbocycles. The molecule has 5 nitrogen and oxygen atoms in total. The molecule has 0 unspecified atom stereocenters. The standard InChI is InChI=1S/C23H22N4OS2/c1-15-3-7-17(8-4-15)14-24-22(28)25-18-9-12-21-20(13-18)26-23(29-21)27-30-19-10-5-16(2)6-11-19/h3-13H,14H2,1-2H3,(H,26,27)(H2,24,25,28). The van der Waals surface area contributed by atoms with E-state index < -0.39 is 0 Å². The van der Waals surface area contributed by atoms with Crippen molar-refractivity contribution in [3.8, 4) is 0 Å². The van der Waals surface area contributed by atoms with Crippen LogP contribution in [0.1, 0.15) is 16.7 Å². The summed E-state index contributed by atoms with van der Waals surface area (Å²) in [5.74, 6) is 0. The average Bonchev–Trinajstić information content (AvgIpc) is 3.15.